The fourth-order valence-electron chi connectivity index (χ4n) is 1.92. The first-order valence-corrected chi connectivity index (χ1v) is 7.41. The van der Waals surface area contributed by atoms with Crippen LogP contribution in [0.4, 0.5) is 10.1 Å². The Hall–Kier alpha value is -2.43. The van der Waals surface area contributed by atoms with E-state index in [2.05, 4.69) is 22.5 Å². The summed E-state index contributed by atoms with van der Waals surface area (Å²) < 4.78 is 12.8. The van der Waals surface area contributed by atoms with Crippen LogP contribution in [-0.4, -0.2) is 17.4 Å². The van der Waals surface area contributed by atoms with Crippen molar-refractivity contribution in [1.29, 1.82) is 0 Å². The molecule has 2 N–H and O–H groups in total. The standard InChI is InChI=1S/C17H20FN3O/c1-2-3-10-19-15-8-9-16(20-12-15)17(22)21-11-13-4-6-14(18)7-5-13/h4-9,12,19H,2-3,10-11H2,1H3,(H,21,22). The van der Waals surface area contributed by atoms with Crippen molar-refractivity contribution < 1.29 is 9.18 Å². The van der Waals surface area contributed by atoms with Gasteiger partial charge in [0.2, 0.25) is 0 Å². The molecule has 5 heteroatoms. The number of amides is 1. The molecule has 1 aromatic carbocycles. The van der Waals surface area contributed by atoms with Crippen LogP contribution in [0.25, 0.3) is 0 Å². The molecule has 1 amide bonds. The van der Waals surface area contributed by atoms with Crippen LogP contribution in [0.15, 0.2) is 42.6 Å². The first-order valence-electron chi connectivity index (χ1n) is 7.41. The molecule has 0 radical (unpaired) electrons. The number of unbranched alkanes of at least 4 members (excludes halogenated alkanes) is 1. The lowest BCUT2D eigenvalue weighted by Crippen LogP contribution is -2.23. The summed E-state index contributed by atoms with van der Waals surface area (Å²) >= 11 is 0. The summed E-state index contributed by atoms with van der Waals surface area (Å²) in [5.41, 5.74) is 2.11. The lowest BCUT2D eigenvalue weighted by atomic mass is 10.2. The summed E-state index contributed by atoms with van der Waals surface area (Å²) in [5, 5.41) is 6.01. The maximum Gasteiger partial charge on any atom is 0.270 e. The van der Waals surface area contributed by atoms with Gasteiger partial charge in [-0.25, -0.2) is 9.37 Å². The molecule has 0 spiro atoms. The van der Waals surface area contributed by atoms with E-state index in [9.17, 15) is 9.18 Å². The topological polar surface area (TPSA) is 54.0 Å². The predicted octanol–water partition coefficient (Wildman–Crippen LogP) is 3.36. The van der Waals surface area contributed by atoms with Crippen LogP contribution in [-0.2, 0) is 6.54 Å². The van der Waals surface area contributed by atoms with E-state index in [1.165, 1.54) is 12.1 Å². The smallest absolute Gasteiger partial charge is 0.270 e. The number of halogens is 1. The molecule has 2 rings (SSSR count). The van der Waals surface area contributed by atoms with Crippen LogP contribution in [0.5, 0.6) is 0 Å². The zero-order valence-electron chi connectivity index (χ0n) is 12.6. The van der Waals surface area contributed by atoms with E-state index in [1.54, 1.807) is 24.4 Å². The van der Waals surface area contributed by atoms with Crippen molar-refractivity contribution in [3.05, 3.63) is 59.7 Å². The third-order valence-corrected chi connectivity index (χ3v) is 3.22. The summed E-state index contributed by atoms with van der Waals surface area (Å²) in [6, 6.07) is 9.56. The second-order valence-corrected chi connectivity index (χ2v) is 5.02. The number of rotatable bonds is 7. The van der Waals surface area contributed by atoms with Gasteiger partial charge in [0.05, 0.1) is 11.9 Å². The average molecular weight is 301 g/mol. The van der Waals surface area contributed by atoms with Crippen LogP contribution < -0.4 is 10.6 Å². The fraction of sp³-hybridized carbons (Fsp3) is 0.294. The van der Waals surface area contributed by atoms with Gasteiger partial charge in [0, 0.05) is 13.1 Å². The van der Waals surface area contributed by atoms with Crippen molar-refractivity contribution in [2.24, 2.45) is 0 Å². The summed E-state index contributed by atoms with van der Waals surface area (Å²) in [7, 11) is 0. The molecule has 0 aliphatic carbocycles. The highest BCUT2D eigenvalue weighted by Gasteiger charge is 2.06. The minimum Gasteiger partial charge on any atom is -0.384 e. The van der Waals surface area contributed by atoms with Crippen LogP contribution >= 0.6 is 0 Å². The lowest BCUT2D eigenvalue weighted by molar-refractivity contribution is 0.0946. The molecule has 0 atom stereocenters. The number of pyridine rings is 1. The van der Waals surface area contributed by atoms with Crippen molar-refractivity contribution in [3.8, 4) is 0 Å². The van der Waals surface area contributed by atoms with E-state index >= 15 is 0 Å². The number of carbonyl (C=O) groups excluding carboxylic acids is 1. The van der Waals surface area contributed by atoms with E-state index in [-0.39, 0.29) is 11.7 Å². The Kier molecular flexibility index (Phi) is 5.89. The number of hydrogen-bond acceptors (Lipinski definition) is 3. The highest BCUT2D eigenvalue weighted by atomic mass is 19.1. The predicted molar refractivity (Wildman–Crippen MR) is 85.2 cm³/mol. The summed E-state index contributed by atoms with van der Waals surface area (Å²) in [6.45, 7) is 3.38. The molecule has 0 aliphatic heterocycles. The number of carbonyl (C=O) groups is 1. The van der Waals surface area contributed by atoms with Crippen molar-refractivity contribution in [2.45, 2.75) is 26.3 Å². The molecule has 1 aromatic heterocycles. The minimum absolute atomic E-state index is 0.246. The Bertz CT molecular complexity index is 596. The molecular formula is C17H20FN3O. The molecule has 0 saturated heterocycles. The van der Waals surface area contributed by atoms with E-state index in [1.807, 2.05) is 6.07 Å². The van der Waals surface area contributed by atoms with Gasteiger partial charge in [-0.05, 0) is 36.2 Å². The molecule has 22 heavy (non-hydrogen) atoms. The molecule has 0 aliphatic rings. The zero-order valence-corrected chi connectivity index (χ0v) is 12.6. The van der Waals surface area contributed by atoms with Gasteiger partial charge in [0.25, 0.3) is 5.91 Å². The van der Waals surface area contributed by atoms with Crippen molar-refractivity contribution in [2.75, 3.05) is 11.9 Å². The Morgan fingerprint density at radius 2 is 1.95 bits per heavy atom. The highest BCUT2D eigenvalue weighted by molar-refractivity contribution is 5.92. The summed E-state index contributed by atoms with van der Waals surface area (Å²) in [6.07, 6.45) is 3.88. The largest absolute Gasteiger partial charge is 0.384 e. The van der Waals surface area contributed by atoms with E-state index in [0.717, 1.165) is 30.6 Å². The number of anilines is 1. The second-order valence-electron chi connectivity index (χ2n) is 5.02. The summed E-state index contributed by atoms with van der Waals surface area (Å²) in [4.78, 5) is 16.1. The van der Waals surface area contributed by atoms with Crippen LogP contribution in [0.2, 0.25) is 0 Å². The van der Waals surface area contributed by atoms with Gasteiger partial charge in [-0.1, -0.05) is 25.5 Å². The van der Waals surface area contributed by atoms with Crippen molar-refractivity contribution in [3.63, 3.8) is 0 Å². The van der Waals surface area contributed by atoms with Crippen LogP contribution in [0.3, 0.4) is 0 Å². The van der Waals surface area contributed by atoms with Gasteiger partial charge < -0.3 is 10.6 Å². The molecule has 0 saturated carbocycles. The number of nitrogens with zero attached hydrogens (tertiary/aromatic N) is 1. The monoisotopic (exact) mass is 301 g/mol. The second kappa shape index (κ2) is 8.12. The van der Waals surface area contributed by atoms with E-state index in [0.29, 0.717) is 12.2 Å². The normalized spacial score (nSPS) is 10.3. The Balaban J connectivity index is 1.85. The summed E-state index contributed by atoms with van der Waals surface area (Å²) in [5.74, 6) is -0.535. The molecule has 0 fully saturated rings. The van der Waals surface area contributed by atoms with Crippen molar-refractivity contribution in [1.82, 2.24) is 10.3 Å². The average Bonchev–Trinajstić information content (AvgIpc) is 2.55. The number of aromatic nitrogens is 1. The Morgan fingerprint density at radius 3 is 2.59 bits per heavy atom. The third-order valence-electron chi connectivity index (χ3n) is 3.22. The van der Waals surface area contributed by atoms with Crippen molar-refractivity contribution >= 4 is 11.6 Å². The molecule has 0 unspecified atom stereocenters. The molecule has 0 bridgehead atoms. The fourth-order valence-corrected chi connectivity index (χ4v) is 1.92. The van der Waals surface area contributed by atoms with E-state index in [4.69, 9.17) is 0 Å². The van der Waals surface area contributed by atoms with Crippen LogP contribution in [0.1, 0.15) is 35.8 Å². The third kappa shape index (κ3) is 4.84. The van der Waals surface area contributed by atoms with Gasteiger partial charge in [-0.15, -0.1) is 0 Å². The molecule has 1 heterocycles. The number of benzene rings is 1. The van der Waals surface area contributed by atoms with Crippen LogP contribution in [0, 0.1) is 5.82 Å². The Morgan fingerprint density at radius 1 is 1.18 bits per heavy atom. The lowest BCUT2D eigenvalue weighted by Gasteiger charge is -2.07. The van der Waals surface area contributed by atoms with Gasteiger partial charge in [-0.2, -0.15) is 0 Å². The first-order chi connectivity index (χ1) is 10.7. The first kappa shape index (κ1) is 15.9. The molecule has 116 valence electrons. The zero-order chi connectivity index (χ0) is 15.8. The SMILES string of the molecule is CCCCNc1ccc(C(=O)NCc2ccc(F)cc2)nc1. The van der Waals surface area contributed by atoms with E-state index < -0.39 is 0 Å². The van der Waals surface area contributed by atoms with Gasteiger partial charge in [-0.3, -0.25) is 4.79 Å². The van der Waals surface area contributed by atoms with Gasteiger partial charge in [0.1, 0.15) is 11.5 Å². The molecule has 2 aromatic rings. The maximum atomic E-state index is 12.8. The number of nitrogens with one attached hydrogen (secondary N) is 2. The maximum absolute atomic E-state index is 12.8. The molecule has 4 nitrogen and oxygen atoms in total. The highest BCUT2D eigenvalue weighted by Crippen LogP contribution is 2.07. The van der Waals surface area contributed by atoms with Gasteiger partial charge in [0.15, 0.2) is 0 Å². The Labute approximate surface area is 129 Å². The minimum atomic E-state index is -0.289. The quantitative estimate of drug-likeness (QED) is 0.771. The molecular weight excluding hydrogens is 281 g/mol. The van der Waals surface area contributed by atoms with Gasteiger partial charge >= 0.3 is 0 Å². The number of hydrogen-bond donors (Lipinski definition) is 2.